The summed E-state index contributed by atoms with van der Waals surface area (Å²) in [7, 11) is -4.05. The van der Waals surface area contributed by atoms with Gasteiger partial charge in [0.1, 0.15) is 18.4 Å². The highest BCUT2D eigenvalue weighted by molar-refractivity contribution is 7.92. The van der Waals surface area contributed by atoms with E-state index in [1.165, 1.54) is 35.2 Å². The largest absolute Gasteiger partial charge is 0.459 e. The first kappa shape index (κ1) is 29.4. The third-order valence-corrected chi connectivity index (χ3v) is 8.58. The van der Waals surface area contributed by atoms with Crippen LogP contribution in [-0.4, -0.2) is 37.8 Å². The van der Waals surface area contributed by atoms with Crippen molar-refractivity contribution in [1.29, 1.82) is 0 Å². The average Bonchev–Trinajstić information content (AvgIpc) is 3.49. The minimum absolute atomic E-state index is 0.0568. The van der Waals surface area contributed by atoms with E-state index in [4.69, 9.17) is 32.7 Å². The number of carbonyl (C=O) groups excluding carboxylic acids is 2. The number of amides is 1. The number of hydrogen-bond donors (Lipinski definition) is 1. The lowest BCUT2D eigenvalue weighted by Crippen LogP contribution is -2.41. The van der Waals surface area contributed by atoms with E-state index in [0.717, 1.165) is 5.56 Å². The van der Waals surface area contributed by atoms with Gasteiger partial charge in [-0.1, -0.05) is 65.7 Å². The Labute approximate surface area is 253 Å². The molecular formula is C31H26Cl2N2O6S. The molecule has 42 heavy (non-hydrogen) atoms. The average molecular weight is 626 g/mol. The summed E-state index contributed by atoms with van der Waals surface area (Å²) in [5.74, 6) is -0.297. The zero-order valence-electron chi connectivity index (χ0n) is 22.2. The molecule has 1 atom stereocenters. The highest BCUT2D eigenvalue weighted by Crippen LogP contribution is 2.36. The Balaban J connectivity index is 1.26. The van der Waals surface area contributed by atoms with Crippen molar-refractivity contribution in [3.63, 3.8) is 0 Å². The standard InChI is InChI=1S/C31H26Cl2N2O6S/c32-23-14-17-28(25(33)19-23)41-29-11-5-4-9-26(29)34-42(38,39)24-15-12-22(13-16-24)30(36)35-18-6-10-27(35)31(37)40-20-21-7-2-1-3-8-21/h1-5,7-9,11-17,19,27,34H,6,10,18,20H2/t27-/m0/s1. The van der Waals surface area contributed by atoms with Gasteiger partial charge < -0.3 is 14.4 Å². The van der Waals surface area contributed by atoms with Gasteiger partial charge in [0.15, 0.2) is 5.75 Å². The van der Waals surface area contributed by atoms with Crippen molar-refractivity contribution in [1.82, 2.24) is 4.90 Å². The maximum atomic E-state index is 13.3. The molecule has 0 radical (unpaired) electrons. The van der Waals surface area contributed by atoms with Gasteiger partial charge in [0, 0.05) is 17.1 Å². The second kappa shape index (κ2) is 12.9. The minimum atomic E-state index is -4.05. The predicted molar refractivity (Wildman–Crippen MR) is 161 cm³/mol. The zero-order chi connectivity index (χ0) is 29.7. The Hall–Kier alpha value is -4.05. The molecule has 0 spiro atoms. The van der Waals surface area contributed by atoms with Gasteiger partial charge in [0.25, 0.3) is 15.9 Å². The Morgan fingerprint density at radius 2 is 1.60 bits per heavy atom. The SMILES string of the molecule is O=C(OCc1ccccc1)[C@@H]1CCCN1C(=O)c1ccc(S(=O)(=O)Nc2ccccc2Oc2ccc(Cl)cc2Cl)cc1. The topological polar surface area (TPSA) is 102 Å². The quantitative estimate of drug-likeness (QED) is 0.202. The number of sulfonamides is 1. The summed E-state index contributed by atoms with van der Waals surface area (Å²) >= 11 is 12.2. The lowest BCUT2D eigenvalue weighted by atomic mass is 10.1. The highest BCUT2D eigenvalue weighted by Gasteiger charge is 2.35. The summed E-state index contributed by atoms with van der Waals surface area (Å²) in [6.07, 6.45) is 1.16. The number of nitrogens with zero attached hydrogens (tertiary/aromatic N) is 1. The van der Waals surface area contributed by atoms with Crippen molar-refractivity contribution in [2.75, 3.05) is 11.3 Å². The molecule has 1 N–H and O–H groups in total. The summed E-state index contributed by atoms with van der Waals surface area (Å²) in [6.45, 7) is 0.526. The summed E-state index contributed by atoms with van der Waals surface area (Å²) in [5, 5.41) is 0.705. The molecule has 1 aliphatic rings. The molecule has 0 bridgehead atoms. The molecule has 1 fully saturated rings. The summed E-state index contributed by atoms with van der Waals surface area (Å²) in [5.41, 5.74) is 1.31. The van der Waals surface area contributed by atoms with Crippen molar-refractivity contribution in [3.8, 4) is 11.5 Å². The summed E-state index contributed by atoms with van der Waals surface area (Å²) in [6, 6.07) is 25.4. The normalized spacial score (nSPS) is 14.8. The first-order chi connectivity index (χ1) is 20.2. The molecule has 4 aromatic carbocycles. The Morgan fingerprint density at radius 3 is 2.33 bits per heavy atom. The van der Waals surface area contributed by atoms with Gasteiger partial charge in [-0.25, -0.2) is 13.2 Å². The van der Waals surface area contributed by atoms with E-state index in [0.29, 0.717) is 30.2 Å². The van der Waals surface area contributed by atoms with Crippen LogP contribution in [-0.2, 0) is 26.2 Å². The maximum absolute atomic E-state index is 13.3. The second-order valence-corrected chi connectivity index (χ2v) is 12.1. The van der Waals surface area contributed by atoms with Gasteiger partial charge in [-0.2, -0.15) is 0 Å². The fourth-order valence-corrected chi connectivity index (χ4v) is 6.06. The number of halogens is 2. The Kier molecular flexibility index (Phi) is 9.01. The van der Waals surface area contributed by atoms with Crippen LogP contribution < -0.4 is 9.46 Å². The van der Waals surface area contributed by atoms with E-state index >= 15 is 0 Å². The number of likely N-dealkylation sites (tertiary alicyclic amines) is 1. The van der Waals surface area contributed by atoms with E-state index in [2.05, 4.69) is 4.72 Å². The molecule has 1 saturated heterocycles. The zero-order valence-corrected chi connectivity index (χ0v) is 24.5. The molecule has 1 heterocycles. The van der Waals surface area contributed by atoms with Gasteiger partial charge in [0.2, 0.25) is 0 Å². The van der Waals surface area contributed by atoms with Gasteiger partial charge in [-0.15, -0.1) is 0 Å². The van der Waals surface area contributed by atoms with E-state index in [9.17, 15) is 18.0 Å². The third-order valence-electron chi connectivity index (χ3n) is 6.67. The minimum Gasteiger partial charge on any atom is -0.459 e. The van der Waals surface area contributed by atoms with Crippen LogP contribution in [0.4, 0.5) is 5.69 Å². The summed E-state index contributed by atoms with van der Waals surface area (Å²) < 4.78 is 40.3. The first-order valence-corrected chi connectivity index (χ1v) is 15.3. The molecule has 8 nitrogen and oxygen atoms in total. The number of rotatable bonds is 9. The molecule has 0 unspecified atom stereocenters. The van der Waals surface area contributed by atoms with E-state index < -0.39 is 22.0 Å². The van der Waals surface area contributed by atoms with Crippen LogP contribution in [0.5, 0.6) is 11.5 Å². The number of para-hydroxylation sites is 2. The number of ether oxygens (including phenoxy) is 2. The van der Waals surface area contributed by atoms with Gasteiger partial charge in [0.05, 0.1) is 15.6 Å². The number of anilines is 1. The van der Waals surface area contributed by atoms with Crippen LogP contribution in [0.25, 0.3) is 0 Å². The fourth-order valence-electron chi connectivity index (χ4n) is 4.54. The Bertz CT molecular complexity index is 1700. The van der Waals surface area contributed by atoms with E-state index in [1.807, 2.05) is 30.3 Å². The van der Waals surface area contributed by atoms with Crippen molar-refractivity contribution < 1.29 is 27.5 Å². The van der Waals surface area contributed by atoms with E-state index in [-0.39, 0.29) is 39.4 Å². The molecule has 216 valence electrons. The fraction of sp³-hybridized carbons (Fsp3) is 0.161. The van der Waals surface area contributed by atoms with Crippen LogP contribution in [0.2, 0.25) is 10.0 Å². The third kappa shape index (κ3) is 6.87. The molecule has 11 heteroatoms. The van der Waals surface area contributed by atoms with E-state index in [1.54, 1.807) is 36.4 Å². The van der Waals surface area contributed by atoms with Gasteiger partial charge in [-0.05, 0) is 73.0 Å². The van der Waals surface area contributed by atoms with Gasteiger partial charge in [-0.3, -0.25) is 9.52 Å². The maximum Gasteiger partial charge on any atom is 0.329 e. The number of carbonyl (C=O) groups is 2. The second-order valence-electron chi connectivity index (χ2n) is 9.55. The van der Waals surface area contributed by atoms with Gasteiger partial charge >= 0.3 is 5.97 Å². The summed E-state index contributed by atoms with van der Waals surface area (Å²) in [4.78, 5) is 27.5. The molecular weight excluding hydrogens is 599 g/mol. The van der Waals surface area contributed by atoms with Crippen LogP contribution >= 0.6 is 23.2 Å². The molecule has 5 rings (SSSR count). The van der Waals surface area contributed by atoms with Crippen molar-refractivity contribution >= 4 is 50.8 Å². The number of hydrogen-bond acceptors (Lipinski definition) is 6. The van der Waals surface area contributed by atoms with Crippen LogP contribution in [0, 0.1) is 0 Å². The number of esters is 1. The van der Waals surface area contributed by atoms with Crippen molar-refractivity contribution in [2.45, 2.75) is 30.4 Å². The Morgan fingerprint density at radius 1 is 0.881 bits per heavy atom. The van der Waals surface area contributed by atoms with Crippen LogP contribution in [0.1, 0.15) is 28.8 Å². The first-order valence-electron chi connectivity index (χ1n) is 13.1. The smallest absolute Gasteiger partial charge is 0.329 e. The number of benzene rings is 4. The molecule has 0 aromatic heterocycles. The molecule has 0 saturated carbocycles. The van der Waals surface area contributed by atoms with Crippen molar-refractivity contribution in [3.05, 3.63) is 118 Å². The molecule has 0 aliphatic carbocycles. The molecule has 1 aliphatic heterocycles. The lowest BCUT2D eigenvalue weighted by Gasteiger charge is -2.23. The lowest BCUT2D eigenvalue weighted by molar-refractivity contribution is -0.149. The van der Waals surface area contributed by atoms with Crippen LogP contribution in [0.15, 0.2) is 102 Å². The molecule has 4 aromatic rings. The monoisotopic (exact) mass is 624 g/mol. The predicted octanol–water partition coefficient (Wildman–Crippen LogP) is 6.93. The van der Waals surface area contributed by atoms with Crippen LogP contribution in [0.3, 0.4) is 0 Å². The van der Waals surface area contributed by atoms with Crippen molar-refractivity contribution in [2.24, 2.45) is 0 Å². The number of nitrogens with one attached hydrogen (secondary N) is 1. The molecule has 1 amide bonds. The highest BCUT2D eigenvalue weighted by atomic mass is 35.5.